The van der Waals surface area contributed by atoms with Crippen molar-refractivity contribution in [2.24, 2.45) is 5.73 Å². The van der Waals surface area contributed by atoms with Gasteiger partial charge >= 0.3 is 13.1 Å². The highest BCUT2D eigenvalue weighted by Crippen LogP contribution is 2.37. The second-order valence-electron chi connectivity index (χ2n) is 6.79. The van der Waals surface area contributed by atoms with Gasteiger partial charge in [0, 0.05) is 0 Å². The molecule has 1 aromatic rings. The molecule has 158 valence electrons. The predicted molar refractivity (Wildman–Crippen MR) is 105 cm³/mol. The van der Waals surface area contributed by atoms with Crippen molar-refractivity contribution in [3.8, 4) is 11.5 Å². The van der Waals surface area contributed by atoms with Gasteiger partial charge in [-0.05, 0) is 31.3 Å². The van der Waals surface area contributed by atoms with Crippen LogP contribution in [0.3, 0.4) is 0 Å². The van der Waals surface area contributed by atoms with E-state index in [9.17, 15) is 24.5 Å². The number of carbonyl (C=O) groups excluding carboxylic acids is 2. The number of benzene rings is 1. The van der Waals surface area contributed by atoms with Crippen LogP contribution in [0.1, 0.15) is 22.8 Å². The average molecular weight is 429 g/mol. The first-order valence-electron chi connectivity index (χ1n) is 9.43. The van der Waals surface area contributed by atoms with Crippen molar-refractivity contribution in [1.29, 1.82) is 0 Å². The van der Waals surface area contributed by atoms with Crippen LogP contribution in [-0.2, 0) is 16.0 Å². The number of likely N-dealkylation sites (tertiary alicyclic amines) is 1. The van der Waals surface area contributed by atoms with E-state index in [4.69, 9.17) is 10.8 Å². The van der Waals surface area contributed by atoms with Gasteiger partial charge in [0.15, 0.2) is 0 Å². The summed E-state index contributed by atoms with van der Waals surface area (Å²) in [6.45, 7) is 1.83. The van der Waals surface area contributed by atoms with E-state index in [1.54, 1.807) is 19.1 Å². The minimum atomic E-state index is -1.22. The quantitative estimate of drug-likeness (QED) is 0.415. The molecule has 2 aliphatic heterocycles. The summed E-state index contributed by atoms with van der Waals surface area (Å²) in [5.41, 5.74) is 2.51. The van der Waals surface area contributed by atoms with Gasteiger partial charge in [-0.2, -0.15) is 0 Å². The Morgan fingerprint density at radius 1 is 1.48 bits per heavy atom. The number of aromatic carboxylic acids is 1. The monoisotopic (exact) mass is 428 g/mol. The minimum absolute atomic E-state index is 0. The third-order valence-electron chi connectivity index (χ3n) is 4.69. The van der Waals surface area contributed by atoms with Gasteiger partial charge < -0.3 is 35.5 Å². The number of amides is 2. The minimum Gasteiger partial charge on any atom is -0.535 e. The van der Waals surface area contributed by atoms with Crippen molar-refractivity contribution in [1.82, 2.24) is 10.2 Å². The lowest BCUT2D eigenvalue weighted by molar-refractivity contribution is -0.143. The number of rotatable bonds is 7. The zero-order valence-corrected chi connectivity index (χ0v) is 16.5. The molecule has 1 atom stereocenters. The number of nitrogens with one attached hydrogen (secondary N) is 1. The summed E-state index contributed by atoms with van der Waals surface area (Å²) in [6, 6.07) is 2.53. The summed E-state index contributed by atoms with van der Waals surface area (Å²) in [4.78, 5) is 37.0. The van der Waals surface area contributed by atoms with Gasteiger partial charge in [-0.15, -0.1) is 12.4 Å². The first-order valence-corrected chi connectivity index (χ1v) is 8.93. The predicted octanol–water partition coefficient (Wildman–Crippen LogP) is -0.725. The third-order valence-corrected chi connectivity index (χ3v) is 4.69. The van der Waals surface area contributed by atoms with Crippen LogP contribution in [0.2, 0.25) is 7.73 Å². The molecule has 3 rings (SSSR count). The summed E-state index contributed by atoms with van der Waals surface area (Å²) < 4.78 is 17.9. The maximum atomic E-state index is 12.3. The molecule has 2 amide bonds. The fraction of sp³-hybridized carbons (Fsp3) is 0.471. The SMILES string of the molecule is Cl.[2H]NCC(=O)N[C@@H](C)C(=O)N1CC(Oc2ccc3c(c2C(=O)O)OB(O)CC3)C1. The fourth-order valence-corrected chi connectivity index (χ4v) is 3.21. The van der Waals surface area contributed by atoms with Gasteiger partial charge in [-0.1, -0.05) is 6.07 Å². The van der Waals surface area contributed by atoms with E-state index in [2.05, 4.69) is 5.32 Å². The molecular weight excluding hydrogens is 404 g/mol. The number of halogens is 1. The molecule has 2 aliphatic rings. The van der Waals surface area contributed by atoms with Crippen LogP contribution < -0.4 is 20.4 Å². The van der Waals surface area contributed by atoms with Crippen molar-refractivity contribution >= 4 is 37.3 Å². The fourth-order valence-electron chi connectivity index (χ4n) is 3.21. The number of carboxylic acid groups (broad SMARTS) is 1. The molecule has 29 heavy (non-hydrogen) atoms. The van der Waals surface area contributed by atoms with Crippen molar-refractivity contribution in [2.75, 3.05) is 19.6 Å². The summed E-state index contributed by atoms with van der Waals surface area (Å²) in [7, 11) is -1.06. The zero-order valence-electron chi connectivity index (χ0n) is 16.7. The molecule has 1 aromatic carbocycles. The largest absolute Gasteiger partial charge is 0.535 e. The van der Waals surface area contributed by atoms with E-state index in [1.807, 2.05) is 5.73 Å². The maximum absolute atomic E-state index is 12.3. The highest BCUT2D eigenvalue weighted by Gasteiger charge is 2.37. The number of hydrogen-bond acceptors (Lipinski definition) is 7. The highest BCUT2D eigenvalue weighted by molar-refractivity contribution is 6.44. The van der Waals surface area contributed by atoms with Crippen molar-refractivity contribution in [3.05, 3.63) is 23.3 Å². The number of fused-ring (bicyclic) bond motifs is 1. The molecule has 10 nitrogen and oxygen atoms in total. The van der Waals surface area contributed by atoms with Crippen molar-refractivity contribution in [2.45, 2.75) is 31.8 Å². The third kappa shape index (κ3) is 4.92. The normalized spacial score (nSPS) is 17.0. The topological polar surface area (TPSA) is 151 Å². The van der Waals surface area contributed by atoms with Gasteiger partial charge in [0.05, 0.1) is 19.6 Å². The van der Waals surface area contributed by atoms with Crippen LogP contribution in [-0.4, -0.2) is 71.7 Å². The molecule has 0 bridgehead atoms. The summed E-state index contributed by atoms with van der Waals surface area (Å²) in [5.74, 6) is -1.75. The second kappa shape index (κ2) is 9.34. The Balaban J connectivity index is 0.00000320. The molecule has 1 saturated heterocycles. The molecule has 1 fully saturated rings. The lowest BCUT2D eigenvalue weighted by atomic mass is 9.78. The average Bonchev–Trinajstić information content (AvgIpc) is 2.63. The Morgan fingerprint density at radius 2 is 2.21 bits per heavy atom. The summed E-state index contributed by atoms with van der Waals surface area (Å²) in [5, 5.41) is 21.8. The summed E-state index contributed by atoms with van der Waals surface area (Å²) in [6.07, 6.45) is 0.488. The molecule has 5 N–H and O–H groups in total. The number of nitrogens with zero attached hydrogens (tertiary/aromatic N) is 1. The van der Waals surface area contributed by atoms with Crippen LogP contribution in [0.4, 0.5) is 0 Å². The van der Waals surface area contributed by atoms with Crippen molar-refractivity contribution in [3.63, 3.8) is 0 Å². The van der Waals surface area contributed by atoms with E-state index in [0.717, 1.165) is 0 Å². The Morgan fingerprint density at radius 3 is 2.86 bits per heavy atom. The van der Waals surface area contributed by atoms with Gasteiger partial charge in [0.1, 0.15) is 30.6 Å². The van der Waals surface area contributed by atoms with Crippen LogP contribution in [0.15, 0.2) is 12.1 Å². The van der Waals surface area contributed by atoms with E-state index < -0.39 is 31.1 Å². The number of carbonyl (C=O) groups is 3. The van der Waals surface area contributed by atoms with E-state index in [-0.39, 0.29) is 55.0 Å². The molecule has 0 aromatic heterocycles. The number of ether oxygens (including phenoxy) is 1. The zero-order chi connectivity index (χ0) is 21.1. The Kier molecular flexibility index (Phi) is 6.83. The van der Waals surface area contributed by atoms with E-state index in [1.165, 1.54) is 4.90 Å². The van der Waals surface area contributed by atoms with Gasteiger partial charge in [-0.25, -0.2) is 4.79 Å². The Bertz CT molecular complexity index is 825. The lowest BCUT2D eigenvalue weighted by Crippen LogP contribution is -2.60. The number of aryl methyl sites for hydroxylation is 1. The first-order chi connectivity index (χ1) is 13.8. The molecule has 0 spiro atoms. The number of carboxylic acids is 1. The summed E-state index contributed by atoms with van der Waals surface area (Å²) >= 11 is 0. The van der Waals surface area contributed by atoms with E-state index in [0.29, 0.717) is 18.3 Å². The molecule has 0 unspecified atom stereocenters. The van der Waals surface area contributed by atoms with Crippen LogP contribution in [0, 0.1) is 0 Å². The van der Waals surface area contributed by atoms with Gasteiger partial charge in [0.2, 0.25) is 11.8 Å². The van der Waals surface area contributed by atoms with Crippen LogP contribution >= 0.6 is 12.4 Å². The molecule has 0 aliphatic carbocycles. The smallest absolute Gasteiger partial charge is 0.522 e. The van der Waals surface area contributed by atoms with Crippen molar-refractivity contribution < 1.29 is 35.3 Å². The van der Waals surface area contributed by atoms with Crippen LogP contribution in [0.25, 0.3) is 0 Å². The molecule has 2 heterocycles. The van der Waals surface area contributed by atoms with Crippen LogP contribution in [0.5, 0.6) is 11.5 Å². The molecule has 0 saturated carbocycles. The number of hydrogen-bond donors (Lipinski definition) is 4. The Labute approximate surface area is 175 Å². The Hall–Kier alpha value is -2.50. The molecular formula is C17H23BClN3O7. The molecule has 12 heteroatoms. The maximum Gasteiger partial charge on any atom is 0.522 e. The standard InChI is InChI=1S/C17H22BN3O7.ClH/c1-9(20-13(22)6-19)16(23)21-7-11(8-21)27-12-3-2-10-4-5-18(26)28-15(10)14(12)17(24)25;/h2-3,9,11,26H,4-8,19H2,1H3,(H,20,22)(H,24,25);1H/t9-;/m0./s1/i/hD. The number of nitrogens with two attached hydrogens (primary N) is 1. The van der Waals surface area contributed by atoms with E-state index >= 15 is 0 Å². The lowest BCUT2D eigenvalue weighted by Gasteiger charge is -2.40. The second-order valence-corrected chi connectivity index (χ2v) is 6.79. The first kappa shape index (κ1) is 21.2. The molecule has 0 radical (unpaired) electrons. The van der Waals surface area contributed by atoms with Gasteiger partial charge in [-0.3, -0.25) is 9.59 Å². The van der Waals surface area contributed by atoms with Gasteiger partial charge in [0.25, 0.3) is 0 Å². The highest BCUT2D eigenvalue weighted by atomic mass is 35.5.